The van der Waals surface area contributed by atoms with E-state index in [1.807, 2.05) is 0 Å². The number of hydrogen-bond acceptors (Lipinski definition) is 3. The number of carbonyl (C=O) groups is 1. The van der Waals surface area contributed by atoms with Gasteiger partial charge in [0.15, 0.2) is 0 Å². The van der Waals surface area contributed by atoms with Gasteiger partial charge in [-0.1, -0.05) is 0 Å². The summed E-state index contributed by atoms with van der Waals surface area (Å²) in [5.41, 5.74) is 0. The second-order valence-electron chi connectivity index (χ2n) is 3.90. The molecule has 0 aromatic heterocycles. The molecule has 0 radical (unpaired) electrons. The topological polar surface area (TPSA) is 49.8 Å². The van der Waals surface area contributed by atoms with Crippen LogP contribution in [0.5, 0.6) is 0 Å². The van der Waals surface area contributed by atoms with Gasteiger partial charge < -0.3 is 14.7 Å². The van der Waals surface area contributed by atoms with Gasteiger partial charge in [-0.2, -0.15) is 0 Å². The molecule has 0 spiro atoms. The molecule has 14 heavy (non-hydrogen) atoms. The minimum atomic E-state index is -0.382. The van der Waals surface area contributed by atoms with Crippen LogP contribution in [0.4, 0.5) is 0 Å². The number of hydrogen-bond donors (Lipinski definition) is 1. The SMILES string of the molecule is CC(OCC1CC1)C(=O)N(C)CCO. The van der Waals surface area contributed by atoms with Gasteiger partial charge in [-0.3, -0.25) is 4.79 Å². The summed E-state index contributed by atoms with van der Waals surface area (Å²) in [5.74, 6) is 0.619. The summed E-state index contributed by atoms with van der Waals surface area (Å²) in [6, 6.07) is 0. The van der Waals surface area contributed by atoms with Crippen LogP contribution in [0, 0.1) is 5.92 Å². The van der Waals surface area contributed by atoms with Crippen LogP contribution in [0.15, 0.2) is 0 Å². The molecule has 0 heterocycles. The number of aliphatic hydroxyl groups is 1. The van der Waals surface area contributed by atoms with E-state index >= 15 is 0 Å². The zero-order valence-electron chi connectivity index (χ0n) is 8.90. The summed E-state index contributed by atoms with van der Waals surface area (Å²) >= 11 is 0. The van der Waals surface area contributed by atoms with Crippen molar-refractivity contribution in [2.75, 3.05) is 26.8 Å². The van der Waals surface area contributed by atoms with Crippen molar-refractivity contribution in [3.8, 4) is 0 Å². The molecule has 4 heteroatoms. The van der Waals surface area contributed by atoms with E-state index in [1.165, 1.54) is 17.7 Å². The van der Waals surface area contributed by atoms with Crippen molar-refractivity contribution < 1.29 is 14.6 Å². The second-order valence-corrected chi connectivity index (χ2v) is 3.90. The van der Waals surface area contributed by atoms with Gasteiger partial charge in [0.1, 0.15) is 6.10 Å². The van der Waals surface area contributed by atoms with Crippen molar-refractivity contribution in [1.82, 2.24) is 4.90 Å². The van der Waals surface area contributed by atoms with Crippen LogP contribution < -0.4 is 0 Å². The lowest BCUT2D eigenvalue weighted by Gasteiger charge is -2.20. The lowest BCUT2D eigenvalue weighted by molar-refractivity contribution is -0.142. The van der Waals surface area contributed by atoms with Gasteiger partial charge in [0, 0.05) is 13.6 Å². The Bertz CT molecular complexity index is 192. The Morgan fingerprint density at radius 2 is 2.29 bits per heavy atom. The zero-order valence-corrected chi connectivity index (χ0v) is 8.90. The Labute approximate surface area is 84.8 Å². The van der Waals surface area contributed by atoms with Crippen LogP contribution >= 0.6 is 0 Å². The van der Waals surface area contributed by atoms with Crippen LogP contribution in [0.3, 0.4) is 0 Å². The number of rotatable bonds is 6. The van der Waals surface area contributed by atoms with Crippen molar-refractivity contribution in [3.63, 3.8) is 0 Å². The fourth-order valence-electron chi connectivity index (χ4n) is 1.21. The molecular weight excluding hydrogens is 182 g/mol. The van der Waals surface area contributed by atoms with Crippen LogP contribution in [-0.4, -0.2) is 48.8 Å². The van der Waals surface area contributed by atoms with Crippen molar-refractivity contribution in [1.29, 1.82) is 0 Å². The van der Waals surface area contributed by atoms with Crippen LogP contribution in [-0.2, 0) is 9.53 Å². The Kier molecular flexibility index (Phi) is 4.35. The minimum absolute atomic E-state index is 0.00240. The fraction of sp³-hybridized carbons (Fsp3) is 0.900. The summed E-state index contributed by atoms with van der Waals surface area (Å²) in [4.78, 5) is 13.1. The highest BCUT2D eigenvalue weighted by atomic mass is 16.5. The van der Waals surface area contributed by atoms with E-state index < -0.39 is 0 Å². The molecule has 1 aliphatic rings. The van der Waals surface area contributed by atoms with E-state index in [0.717, 1.165) is 0 Å². The van der Waals surface area contributed by atoms with Crippen molar-refractivity contribution in [2.24, 2.45) is 5.92 Å². The first-order valence-corrected chi connectivity index (χ1v) is 5.12. The van der Waals surface area contributed by atoms with Crippen molar-refractivity contribution >= 4 is 5.91 Å². The third kappa shape index (κ3) is 3.64. The molecule has 0 aromatic carbocycles. The molecule has 1 N–H and O–H groups in total. The maximum Gasteiger partial charge on any atom is 0.251 e. The zero-order chi connectivity index (χ0) is 10.6. The molecule has 0 aliphatic heterocycles. The number of aliphatic hydroxyl groups excluding tert-OH is 1. The molecule has 4 nitrogen and oxygen atoms in total. The Balaban J connectivity index is 2.19. The molecule has 1 amide bonds. The second kappa shape index (κ2) is 5.32. The predicted molar refractivity (Wildman–Crippen MR) is 52.9 cm³/mol. The lowest BCUT2D eigenvalue weighted by atomic mass is 10.3. The van der Waals surface area contributed by atoms with E-state index in [9.17, 15) is 4.79 Å². The van der Waals surface area contributed by atoms with Crippen LogP contribution in [0.25, 0.3) is 0 Å². The molecule has 0 aromatic rings. The molecule has 1 fully saturated rings. The Morgan fingerprint density at radius 3 is 2.79 bits per heavy atom. The molecule has 1 rings (SSSR count). The summed E-state index contributed by atoms with van der Waals surface area (Å²) in [6.07, 6.45) is 2.08. The van der Waals surface area contributed by atoms with Crippen LogP contribution in [0.2, 0.25) is 0 Å². The normalized spacial score (nSPS) is 17.9. The monoisotopic (exact) mass is 201 g/mol. The summed E-state index contributed by atoms with van der Waals surface area (Å²) in [7, 11) is 1.68. The quantitative estimate of drug-likeness (QED) is 0.670. The predicted octanol–water partition coefficient (Wildman–Crippen LogP) is 0.252. The first-order valence-electron chi connectivity index (χ1n) is 5.12. The molecule has 1 atom stereocenters. The molecule has 1 unspecified atom stereocenters. The van der Waals surface area contributed by atoms with Gasteiger partial charge in [0.25, 0.3) is 5.91 Å². The van der Waals surface area contributed by atoms with Gasteiger partial charge in [0.2, 0.25) is 0 Å². The number of nitrogens with zero attached hydrogens (tertiary/aromatic N) is 1. The summed E-state index contributed by atoms with van der Waals surface area (Å²) in [6.45, 7) is 2.83. The minimum Gasteiger partial charge on any atom is -0.395 e. The number of amides is 1. The fourth-order valence-corrected chi connectivity index (χ4v) is 1.21. The summed E-state index contributed by atoms with van der Waals surface area (Å²) < 4.78 is 5.42. The highest BCUT2D eigenvalue weighted by Crippen LogP contribution is 2.29. The molecular formula is C10H19NO3. The van der Waals surface area contributed by atoms with Gasteiger partial charge in [-0.15, -0.1) is 0 Å². The van der Waals surface area contributed by atoms with Gasteiger partial charge in [-0.25, -0.2) is 0 Å². The van der Waals surface area contributed by atoms with E-state index in [1.54, 1.807) is 14.0 Å². The van der Waals surface area contributed by atoms with Gasteiger partial charge in [-0.05, 0) is 25.7 Å². The van der Waals surface area contributed by atoms with Gasteiger partial charge in [0.05, 0.1) is 13.2 Å². The number of carbonyl (C=O) groups excluding carboxylic acids is 1. The molecule has 82 valence electrons. The van der Waals surface area contributed by atoms with Gasteiger partial charge >= 0.3 is 0 Å². The van der Waals surface area contributed by atoms with E-state index in [0.29, 0.717) is 19.1 Å². The average Bonchev–Trinajstić information content (AvgIpc) is 2.97. The maximum atomic E-state index is 11.6. The highest BCUT2D eigenvalue weighted by molar-refractivity contribution is 5.80. The van der Waals surface area contributed by atoms with Crippen molar-refractivity contribution in [2.45, 2.75) is 25.9 Å². The first kappa shape index (κ1) is 11.5. The third-order valence-electron chi connectivity index (χ3n) is 2.44. The smallest absolute Gasteiger partial charge is 0.251 e. The summed E-state index contributed by atoms with van der Waals surface area (Å²) in [5, 5.41) is 8.66. The van der Waals surface area contributed by atoms with E-state index in [-0.39, 0.29) is 18.6 Å². The molecule has 0 saturated heterocycles. The highest BCUT2D eigenvalue weighted by Gasteiger charge is 2.24. The standard InChI is InChI=1S/C10H19NO3/c1-8(14-7-9-3-4-9)10(13)11(2)5-6-12/h8-9,12H,3-7H2,1-2H3. The Morgan fingerprint density at radius 1 is 1.64 bits per heavy atom. The number of ether oxygens (including phenoxy) is 1. The molecule has 0 bridgehead atoms. The maximum absolute atomic E-state index is 11.6. The largest absolute Gasteiger partial charge is 0.395 e. The average molecular weight is 201 g/mol. The first-order chi connectivity index (χ1) is 6.65. The molecule has 1 saturated carbocycles. The van der Waals surface area contributed by atoms with Crippen LogP contribution in [0.1, 0.15) is 19.8 Å². The van der Waals surface area contributed by atoms with E-state index in [2.05, 4.69) is 0 Å². The lowest BCUT2D eigenvalue weighted by Crippen LogP contribution is -2.38. The van der Waals surface area contributed by atoms with Crippen molar-refractivity contribution in [3.05, 3.63) is 0 Å². The number of likely N-dealkylation sites (N-methyl/N-ethyl adjacent to an activating group) is 1. The molecule has 1 aliphatic carbocycles. The third-order valence-corrected chi connectivity index (χ3v) is 2.44. The van der Waals surface area contributed by atoms with E-state index in [4.69, 9.17) is 9.84 Å². The Hall–Kier alpha value is -0.610.